The lowest BCUT2D eigenvalue weighted by Gasteiger charge is -2.34. The van der Waals surface area contributed by atoms with Crippen LogP contribution in [0.1, 0.15) is 59.8 Å². The summed E-state index contributed by atoms with van der Waals surface area (Å²) in [5.41, 5.74) is -0.00655. The number of methoxy groups -OCH3 is 1. The van der Waals surface area contributed by atoms with E-state index in [9.17, 15) is 14.4 Å². The van der Waals surface area contributed by atoms with Gasteiger partial charge in [0.1, 0.15) is 36.0 Å². The first-order valence-corrected chi connectivity index (χ1v) is 14.5. The molecule has 1 aliphatic heterocycles. The van der Waals surface area contributed by atoms with Crippen LogP contribution in [0, 0.1) is 5.41 Å². The number of alkyl carbamates (subject to hydrolysis) is 1. The molecule has 2 heterocycles. The van der Waals surface area contributed by atoms with Gasteiger partial charge in [-0.3, -0.25) is 4.79 Å². The van der Waals surface area contributed by atoms with Crippen LogP contribution in [-0.2, 0) is 14.3 Å². The van der Waals surface area contributed by atoms with Crippen molar-refractivity contribution in [2.45, 2.75) is 84.1 Å². The molecule has 11 heteroatoms. The van der Waals surface area contributed by atoms with E-state index in [1.807, 2.05) is 39.8 Å². The predicted octanol–water partition coefficient (Wildman–Crippen LogP) is 5.04. The van der Waals surface area contributed by atoms with Crippen molar-refractivity contribution in [3.63, 3.8) is 0 Å². The summed E-state index contributed by atoms with van der Waals surface area (Å²) in [6, 6.07) is 3.80. The molecule has 2 aromatic rings. The number of hydrogen-bond acceptors (Lipinski definition) is 8. The van der Waals surface area contributed by atoms with E-state index < -0.39 is 29.7 Å². The van der Waals surface area contributed by atoms with Gasteiger partial charge in [0, 0.05) is 17.9 Å². The Balaban J connectivity index is 1.55. The Morgan fingerprint density at radius 1 is 1.20 bits per heavy atom. The van der Waals surface area contributed by atoms with Crippen molar-refractivity contribution < 1.29 is 33.3 Å². The van der Waals surface area contributed by atoms with Gasteiger partial charge in [0.15, 0.2) is 0 Å². The molecule has 1 N–H and O–H groups in total. The van der Waals surface area contributed by atoms with Crippen LogP contribution >= 0.6 is 15.9 Å². The van der Waals surface area contributed by atoms with E-state index >= 15 is 0 Å². The Hall–Kier alpha value is -3.08. The summed E-state index contributed by atoms with van der Waals surface area (Å²) in [6.45, 7) is 8.08. The molecule has 1 aromatic carbocycles. The average molecular weight is 621 g/mol. The highest BCUT2D eigenvalue weighted by Crippen LogP contribution is 2.39. The number of benzene rings is 1. The molecule has 1 saturated carbocycles. The van der Waals surface area contributed by atoms with Crippen LogP contribution in [0.3, 0.4) is 0 Å². The Labute approximate surface area is 243 Å². The molecule has 1 aromatic heterocycles. The number of amides is 2. The first-order valence-electron chi connectivity index (χ1n) is 13.7. The minimum Gasteiger partial charge on any atom is -0.495 e. The number of halogens is 1. The van der Waals surface area contributed by atoms with E-state index in [4.69, 9.17) is 18.9 Å². The maximum atomic E-state index is 13.8. The van der Waals surface area contributed by atoms with E-state index in [1.165, 1.54) is 4.90 Å². The number of fused-ring (bicyclic) bond motifs is 1. The van der Waals surface area contributed by atoms with E-state index in [0.717, 1.165) is 37.4 Å². The molecule has 0 radical (unpaired) electrons. The Bertz CT molecular complexity index is 1240. The predicted molar refractivity (Wildman–Crippen MR) is 153 cm³/mol. The lowest BCUT2D eigenvalue weighted by atomic mass is 9.85. The van der Waals surface area contributed by atoms with Gasteiger partial charge in [-0.25, -0.2) is 9.78 Å². The topological polar surface area (TPSA) is 116 Å². The molecule has 1 aliphatic carbocycles. The van der Waals surface area contributed by atoms with Crippen molar-refractivity contribution in [2.75, 3.05) is 20.3 Å². The third-order valence-electron chi connectivity index (χ3n) is 7.32. The van der Waals surface area contributed by atoms with Gasteiger partial charge in [-0.15, -0.1) is 0 Å². The number of aromatic nitrogens is 1. The van der Waals surface area contributed by atoms with Crippen molar-refractivity contribution in [1.29, 1.82) is 0 Å². The van der Waals surface area contributed by atoms with E-state index in [2.05, 4.69) is 26.2 Å². The second-order valence-corrected chi connectivity index (χ2v) is 12.1. The van der Waals surface area contributed by atoms with Gasteiger partial charge >= 0.3 is 6.09 Å². The molecule has 4 rings (SSSR count). The minimum atomic E-state index is -0.877. The zero-order valence-corrected chi connectivity index (χ0v) is 25.3. The standard InChI is InChI=1S/C29H38BrN3O7/c1-6-38-23-14-22(20-11-12-21(37-5)24(30)25(20)31-23)39-19-13-17(16-34)33(15-19)27(35)26(29(2,3)4)32-28(36)40-18-9-7-8-10-18/h11-12,14,16-19,26H,6-10,13,15H2,1-5H3,(H,32,36)/t17-,19+,26+/m0/s1. The third-order valence-corrected chi connectivity index (χ3v) is 8.09. The van der Waals surface area contributed by atoms with Gasteiger partial charge in [0.2, 0.25) is 11.8 Å². The Morgan fingerprint density at radius 3 is 2.55 bits per heavy atom. The molecule has 3 atom stereocenters. The van der Waals surface area contributed by atoms with Crippen LogP contribution < -0.4 is 19.5 Å². The smallest absolute Gasteiger partial charge is 0.408 e. The van der Waals surface area contributed by atoms with Gasteiger partial charge < -0.3 is 34.0 Å². The largest absolute Gasteiger partial charge is 0.495 e. The van der Waals surface area contributed by atoms with Crippen LogP contribution in [0.15, 0.2) is 22.7 Å². The zero-order valence-electron chi connectivity index (χ0n) is 23.7. The molecule has 218 valence electrons. The first-order chi connectivity index (χ1) is 19.0. The summed E-state index contributed by atoms with van der Waals surface area (Å²) in [5, 5.41) is 3.51. The van der Waals surface area contributed by atoms with Gasteiger partial charge in [0.05, 0.1) is 36.3 Å². The highest BCUT2D eigenvalue weighted by atomic mass is 79.9. The molecule has 2 amide bonds. The van der Waals surface area contributed by atoms with Crippen molar-refractivity contribution in [1.82, 2.24) is 15.2 Å². The number of carbonyl (C=O) groups is 3. The van der Waals surface area contributed by atoms with Gasteiger partial charge in [-0.05, 0) is 66.1 Å². The van der Waals surface area contributed by atoms with Crippen molar-refractivity contribution in [3.8, 4) is 17.4 Å². The summed E-state index contributed by atoms with van der Waals surface area (Å²) in [7, 11) is 1.58. The summed E-state index contributed by atoms with van der Waals surface area (Å²) in [5.74, 6) is 1.17. The molecule has 0 bridgehead atoms. The lowest BCUT2D eigenvalue weighted by molar-refractivity contribution is -0.139. The van der Waals surface area contributed by atoms with E-state index in [-0.39, 0.29) is 18.6 Å². The fraction of sp³-hybridized carbons (Fsp3) is 0.586. The van der Waals surface area contributed by atoms with Gasteiger partial charge in [-0.2, -0.15) is 0 Å². The molecular weight excluding hydrogens is 582 g/mol. The summed E-state index contributed by atoms with van der Waals surface area (Å²) in [6.07, 6.45) is 3.58. The van der Waals surface area contributed by atoms with E-state index in [0.29, 0.717) is 40.4 Å². The second-order valence-electron chi connectivity index (χ2n) is 11.3. The monoisotopic (exact) mass is 619 g/mol. The van der Waals surface area contributed by atoms with Crippen LogP contribution in [-0.4, -0.2) is 72.7 Å². The number of rotatable bonds is 9. The fourth-order valence-corrected chi connectivity index (χ4v) is 5.86. The van der Waals surface area contributed by atoms with E-state index in [1.54, 1.807) is 13.2 Å². The molecule has 0 spiro atoms. The molecule has 10 nitrogen and oxygen atoms in total. The Morgan fingerprint density at radius 2 is 1.93 bits per heavy atom. The fourth-order valence-electron chi connectivity index (χ4n) is 5.26. The highest BCUT2D eigenvalue weighted by molar-refractivity contribution is 9.10. The molecule has 1 saturated heterocycles. The lowest BCUT2D eigenvalue weighted by Crippen LogP contribution is -2.56. The van der Waals surface area contributed by atoms with Gasteiger partial charge in [0.25, 0.3) is 0 Å². The van der Waals surface area contributed by atoms with Crippen LogP contribution in [0.2, 0.25) is 0 Å². The molecule has 40 heavy (non-hydrogen) atoms. The van der Waals surface area contributed by atoms with Gasteiger partial charge in [-0.1, -0.05) is 20.8 Å². The number of pyridine rings is 1. The van der Waals surface area contributed by atoms with Crippen molar-refractivity contribution in [2.24, 2.45) is 5.41 Å². The number of ether oxygens (including phenoxy) is 4. The minimum absolute atomic E-state index is 0.125. The molecule has 2 aliphatic rings. The SMILES string of the molecule is CCOc1cc(O[C@@H]2C[C@@H](C=O)N(C(=O)[C@@H](NC(=O)OC3CCCC3)C(C)(C)C)C2)c2ccc(OC)c(Br)c2n1. The summed E-state index contributed by atoms with van der Waals surface area (Å²) < 4.78 is 23.7. The second kappa shape index (κ2) is 12.6. The first kappa shape index (κ1) is 29.9. The third kappa shape index (κ3) is 6.62. The molecule has 2 fully saturated rings. The Kier molecular flexibility index (Phi) is 9.43. The number of likely N-dealkylation sites (tertiary alicyclic amines) is 1. The highest BCUT2D eigenvalue weighted by Gasteiger charge is 2.43. The average Bonchev–Trinajstić information content (AvgIpc) is 3.57. The van der Waals surface area contributed by atoms with Crippen LogP contribution in [0.5, 0.6) is 17.4 Å². The zero-order chi connectivity index (χ0) is 29.0. The van der Waals surface area contributed by atoms with Crippen LogP contribution in [0.4, 0.5) is 4.79 Å². The quantitative estimate of drug-likeness (QED) is 0.388. The summed E-state index contributed by atoms with van der Waals surface area (Å²) >= 11 is 3.56. The molecule has 0 unspecified atom stereocenters. The number of carbonyl (C=O) groups excluding carboxylic acids is 3. The van der Waals surface area contributed by atoms with Crippen molar-refractivity contribution >= 4 is 45.1 Å². The number of nitrogens with one attached hydrogen (secondary N) is 1. The van der Waals surface area contributed by atoms with Crippen molar-refractivity contribution in [3.05, 3.63) is 22.7 Å². The maximum Gasteiger partial charge on any atom is 0.408 e. The normalized spacial score (nSPS) is 20.3. The molecular formula is C29H38BrN3O7. The number of hydrogen-bond donors (Lipinski definition) is 1. The number of nitrogens with zero attached hydrogens (tertiary/aromatic N) is 2. The van der Waals surface area contributed by atoms with Crippen LogP contribution in [0.25, 0.3) is 10.9 Å². The maximum absolute atomic E-state index is 13.8. The summed E-state index contributed by atoms with van der Waals surface area (Å²) in [4.78, 5) is 44.7. The number of aldehydes is 1.